The van der Waals surface area contributed by atoms with Crippen molar-refractivity contribution in [3.05, 3.63) is 24.3 Å². The summed E-state index contributed by atoms with van der Waals surface area (Å²) in [5.41, 5.74) is -1.18. The molecule has 0 N–H and O–H groups in total. The van der Waals surface area contributed by atoms with Gasteiger partial charge in [0, 0.05) is 39.0 Å². The maximum atomic E-state index is 14.1. The summed E-state index contributed by atoms with van der Waals surface area (Å²) in [5.74, 6) is -4.02. The van der Waals surface area contributed by atoms with Crippen molar-refractivity contribution in [3.8, 4) is 0 Å². The number of likely N-dealkylation sites (tertiary alicyclic amines) is 2. The molecule has 2 fully saturated rings. The highest BCUT2D eigenvalue weighted by Crippen LogP contribution is 2.45. The second-order valence-electron chi connectivity index (χ2n) is 6.04. The monoisotopic (exact) mass is 310 g/mol. The van der Waals surface area contributed by atoms with Gasteiger partial charge in [0.25, 0.3) is 11.8 Å². The van der Waals surface area contributed by atoms with Gasteiger partial charge in [0.05, 0.1) is 18.2 Å². The molecule has 6 nitrogen and oxygen atoms in total. The van der Waals surface area contributed by atoms with E-state index in [0.29, 0.717) is 13.0 Å². The van der Waals surface area contributed by atoms with Gasteiger partial charge in [-0.3, -0.25) is 14.6 Å². The minimum Gasteiger partial charge on any atom is -0.345 e. The number of nitrogens with zero attached hydrogens (tertiary/aromatic N) is 4. The lowest BCUT2D eigenvalue weighted by Crippen LogP contribution is -2.57. The van der Waals surface area contributed by atoms with Gasteiger partial charge in [0.15, 0.2) is 0 Å². The van der Waals surface area contributed by atoms with E-state index in [4.69, 9.17) is 0 Å². The summed E-state index contributed by atoms with van der Waals surface area (Å²) in [5, 5.41) is 0. The molecule has 3 rings (SSSR count). The van der Waals surface area contributed by atoms with E-state index in [2.05, 4.69) is 9.97 Å². The molecule has 8 heteroatoms. The van der Waals surface area contributed by atoms with Crippen LogP contribution in [0.2, 0.25) is 0 Å². The molecule has 22 heavy (non-hydrogen) atoms. The lowest BCUT2D eigenvalue weighted by atomic mass is 9.77. The van der Waals surface area contributed by atoms with E-state index in [9.17, 15) is 18.4 Å². The molecule has 0 saturated carbocycles. The van der Waals surface area contributed by atoms with Crippen molar-refractivity contribution < 1.29 is 18.4 Å². The van der Waals surface area contributed by atoms with Crippen LogP contribution in [0.15, 0.2) is 18.6 Å². The van der Waals surface area contributed by atoms with E-state index in [1.165, 1.54) is 23.5 Å². The Balaban J connectivity index is 1.90. The van der Waals surface area contributed by atoms with Gasteiger partial charge in [-0.15, -0.1) is 0 Å². The zero-order valence-electron chi connectivity index (χ0n) is 12.1. The normalized spacial score (nSPS) is 27.5. The Bertz CT molecular complexity index is 610. The Morgan fingerprint density at radius 3 is 2.68 bits per heavy atom. The average Bonchev–Trinajstić information content (AvgIpc) is 2.74. The first kappa shape index (κ1) is 14.8. The summed E-state index contributed by atoms with van der Waals surface area (Å²) >= 11 is 0. The fraction of sp³-hybridized carbons (Fsp3) is 0.571. The van der Waals surface area contributed by atoms with Crippen molar-refractivity contribution in [2.24, 2.45) is 5.41 Å². The predicted molar refractivity (Wildman–Crippen MR) is 72.2 cm³/mol. The molecule has 0 aromatic carbocycles. The van der Waals surface area contributed by atoms with E-state index in [1.54, 1.807) is 7.05 Å². The van der Waals surface area contributed by atoms with E-state index in [1.807, 2.05) is 0 Å². The Kier molecular flexibility index (Phi) is 3.34. The van der Waals surface area contributed by atoms with Crippen LogP contribution in [-0.4, -0.2) is 64.2 Å². The van der Waals surface area contributed by atoms with Crippen LogP contribution >= 0.6 is 0 Å². The maximum absolute atomic E-state index is 14.1. The summed E-state index contributed by atoms with van der Waals surface area (Å²) in [4.78, 5) is 34.8. The van der Waals surface area contributed by atoms with Crippen LogP contribution in [0.3, 0.4) is 0 Å². The molecule has 0 radical (unpaired) electrons. The number of amides is 2. The number of rotatable bonds is 1. The van der Waals surface area contributed by atoms with Gasteiger partial charge in [-0.25, -0.2) is 13.8 Å². The number of piperidine rings is 1. The Hall–Kier alpha value is -2.12. The van der Waals surface area contributed by atoms with Crippen molar-refractivity contribution in [1.29, 1.82) is 0 Å². The van der Waals surface area contributed by atoms with Gasteiger partial charge in [0.2, 0.25) is 5.91 Å². The summed E-state index contributed by atoms with van der Waals surface area (Å²) in [6.45, 7) is -0.260. The third kappa shape index (κ3) is 2.42. The van der Waals surface area contributed by atoms with Crippen LogP contribution in [-0.2, 0) is 4.79 Å². The molecule has 2 saturated heterocycles. The van der Waals surface area contributed by atoms with Gasteiger partial charge in [0.1, 0.15) is 5.69 Å². The SMILES string of the molecule is CN1CC[C@]2(CN(C(=O)c3cnccn3)CC(F)(F)C2)C1=O. The number of alkyl halides is 2. The van der Waals surface area contributed by atoms with E-state index >= 15 is 0 Å². The first-order chi connectivity index (χ1) is 10.3. The molecule has 2 aliphatic rings. The molecular formula is C14H16F2N4O2. The zero-order chi connectivity index (χ0) is 16.0. The second-order valence-corrected chi connectivity index (χ2v) is 6.04. The number of halogens is 2. The fourth-order valence-corrected chi connectivity index (χ4v) is 3.33. The van der Waals surface area contributed by atoms with Gasteiger partial charge >= 0.3 is 0 Å². The molecule has 0 aliphatic carbocycles. The number of hydrogen-bond donors (Lipinski definition) is 0. The molecule has 1 atom stereocenters. The molecule has 118 valence electrons. The Morgan fingerprint density at radius 2 is 2.09 bits per heavy atom. The molecule has 0 unspecified atom stereocenters. The topological polar surface area (TPSA) is 66.4 Å². The van der Waals surface area contributed by atoms with E-state index < -0.39 is 30.2 Å². The third-order valence-electron chi connectivity index (χ3n) is 4.31. The fourth-order valence-electron chi connectivity index (χ4n) is 3.33. The lowest BCUT2D eigenvalue weighted by molar-refractivity contribution is -0.150. The van der Waals surface area contributed by atoms with Crippen molar-refractivity contribution >= 4 is 11.8 Å². The quantitative estimate of drug-likeness (QED) is 0.770. The largest absolute Gasteiger partial charge is 0.345 e. The summed E-state index contributed by atoms with van der Waals surface area (Å²) in [7, 11) is 1.60. The van der Waals surface area contributed by atoms with Gasteiger partial charge in [-0.2, -0.15) is 0 Å². The van der Waals surface area contributed by atoms with Crippen molar-refractivity contribution in [1.82, 2.24) is 19.8 Å². The number of hydrogen-bond acceptors (Lipinski definition) is 4. The molecule has 1 spiro atoms. The molecule has 1 aromatic rings. The molecule has 2 aliphatic heterocycles. The zero-order valence-corrected chi connectivity index (χ0v) is 12.1. The van der Waals surface area contributed by atoms with Crippen LogP contribution in [0.4, 0.5) is 8.78 Å². The summed E-state index contributed by atoms with van der Waals surface area (Å²) < 4.78 is 28.3. The minimum absolute atomic E-state index is 0.00116. The predicted octanol–water partition coefficient (Wildman–Crippen LogP) is 0.806. The van der Waals surface area contributed by atoms with E-state index in [0.717, 1.165) is 4.90 Å². The number of carbonyl (C=O) groups excluding carboxylic acids is 2. The average molecular weight is 310 g/mol. The highest BCUT2D eigenvalue weighted by Gasteiger charge is 2.57. The Morgan fingerprint density at radius 1 is 1.32 bits per heavy atom. The number of carbonyl (C=O) groups is 2. The molecule has 3 heterocycles. The van der Waals surface area contributed by atoms with Gasteiger partial charge in [-0.1, -0.05) is 0 Å². The van der Waals surface area contributed by atoms with Crippen LogP contribution in [0.1, 0.15) is 23.3 Å². The summed E-state index contributed by atoms with van der Waals surface area (Å²) in [6, 6.07) is 0. The minimum atomic E-state index is -3.09. The smallest absolute Gasteiger partial charge is 0.274 e. The van der Waals surface area contributed by atoms with E-state index in [-0.39, 0.29) is 18.1 Å². The maximum Gasteiger partial charge on any atom is 0.274 e. The highest BCUT2D eigenvalue weighted by molar-refractivity contribution is 5.93. The lowest BCUT2D eigenvalue weighted by Gasteiger charge is -2.42. The van der Waals surface area contributed by atoms with Crippen LogP contribution < -0.4 is 0 Å². The van der Waals surface area contributed by atoms with Crippen LogP contribution in [0, 0.1) is 5.41 Å². The summed E-state index contributed by atoms with van der Waals surface area (Å²) in [6.07, 6.45) is 3.80. The van der Waals surface area contributed by atoms with Crippen LogP contribution in [0.25, 0.3) is 0 Å². The van der Waals surface area contributed by atoms with Crippen molar-refractivity contribution in [2.45, 2.75) is 18.8 Å². The van der Waals surface area contributed by atoms with Crippen molar-refractivity contribution in [2.75, 3.05) is 26.7 Å². The van der Waals surface area contributed by atoms with Gasteiger partial charge in [-0.05, 0) is 6.42 Å². The highest BCUT2D eigenvalue weighted by atomic mass is 19.3. The Labute approximate surface area is 126 Å². The standard InChI is InChI=1S/C14H16F2N4O2/c1-19-5-2-13(12(19)22)7-14(15,16)9-20(8-13)11(21)10-6-17-3-4-18-10/h3-4,6H,2,5,7-9H2,1H3/t13-/m0/s1. The molecule has 2 amide bonds. The van der Waals surface area contributed by atoms with Crippen LogP contribution in [0.5, 0.6) is 0 Å². The first-order valence-corrected chi connectivity index (χ1v) is 7.02. The number of aromatic nitrogens is 2. The van der Waals surface area contributed by atoms with Gasteiger partial charge < -0.3 is 9.80 Å². The van der Waals surface area contributed by atoms with Crippen molar-refractivity contribution in [3.63, 3.8) is 0 Å². The third-order valence-corrected chi connectivity index (χ3v) is 4.31. The molecular weight excluding hydrogens is 294 g/mol. The molecule has 0 bridgehead atoms. The second kappa shape index (κ2) is 4.96. The first-order valence-electron chi connectivity index (χ1n) is 7.02. The molecule has 1 aromatic heterocycles.